The van der Waals surface area contributed by atoms with Gasteiger partial charge < -0.3 is 14.2 Å². The lowest BCUT2D eigenvalue weighted by Gasteiger charge is -2.26. The minimum Gasteiger partial charge on any atom is -0.493 e. The van der Waals surface area contributed by atoms with Crippen molar-refractivity contribution in [2.45, 2.75) is 6.92 Å². The second-order valence-electron chi connectivity index (χ2n) is 4.46. The Hall–Kier alpha value is -1.26. The molecule has 1 aliphatic rings. The first-order valence-electron chi connectivity index (χ1n) is 6.37. The van der Waals surface area contributed by atoms with E-state index in [1.165, 1.54) is 5.56 Å². The van der Waals surface area contributed by atoms with Crippen molar-refractivity contribution in [3.8, 4) is 11.5 Å². The van der Waals surface area contributed by atoms with Gasteiger partial charge >= 0.3 is 0 Å². The predicted octanol–water partition coefficient (Wildman–Crippen LogP) is 1.71. The molecule has 1 aliphatic heterocycles. The van der Waals surface area contributed by atoms with Crippen molar-refractivity contribution in [3.05, 3.63) is 23.8 Å². The molecule has 2 rings (SSSR count). The molecule has 0 aliphatic carbocycles. The molecule has 4 heteroatoms. The number of aryl methyl sites for hydroxylation is 1. The summed E-state index contributed by atoms with van der Waals surface area (Å²) in [5, 5.41) is 0. The second kappa shape index (κ2) is 6.61. The van der Waals surface area contributed by atoms with E-state index in [9.17, 15) is 0 Å². The van der Waals surface area contributed by atoms with Gasteiger partial charge in [-0.05, 0) is 24.6 Å². The third kappa shape index (κ3) is 3.62. The largest absolute Gasteiger partial charge is 0.493 e. The second-order valence-corrected chi connectivity index (χ2v) is 4.46. The van der Waals surface area contributed by atoms with Crippen LogP contribution >= 0.6 is 0 Å². The van der Waals surface area contributed by atoms with Gasteiger partial charge in [0.25, 0.3) is 0 Å². The van der Waals surface area contributed by atoms with Crippen LogP contribution in [0.2, 0.25) is 0 Å². The van der Waals surface area contributed by atoms with Gasteiger partial charge in [-0.1, -0.05) is 6.07 Å². The van der Waals surface area contributed by atoms with Crippen LogP contribution < -0.4 is 9.47 Å². The summed E-state index contributed by atoms with van der Waals surface area (Å²) in [5.41, 5.74) is 1.18. The highest BCUT2D eigenvalue weighted by Crippen LogP contribution is 2.27. The Kier molecular flexibility index (Phi) is 4.84. The zero-order chi connectivity index (χ0) is 12.8. The summed E-state index contributed by atoms with van der Waals surface area (Å²) in [6, 6.07) is 5.98. The van der Waals surface area contributed by atoms with Crippen LogP contribution in [0.25, 0.3) is 0 Å². The maximum absolute atomic E-state index is 5.80. The smallest absolute Gasteiger partial charge is 0.161 e. The van der Waals surface area contributed by atoms with Gasteiger partial charge in [0.15, 0.2) is 11.5 Å². The van der Waals surface area contributed by atoms with Crippen LogP contribution in [0.5, 0.6) is 11.5 Å². The van der Waals surface area contributed by atoms with Crippen LogP contribution in [0.1, 0.15) is 5.56 Å². The number of hydrogen-bond donors (Lipinski definition) is 0. The number of benzene rings is 1. The molecule has 0 saturated carbocycles. The maximum Gasteiger partial charge on any atom is 0.161 e. The molecule has 0 amide bonds. The SMILES string of the molecule is COc1ccc(C)cc1OCCN1CCOCC1. The van der Waals surface area contributed by atoms with E-state index in [4.69, 9.17) is 14.2 Å². The van der Waals surface area contributed by atoms with Crippen molar-refractivity contribution in [2.75, 3.05) is 46.6 Å². The minimum absolute atomic E-state index is 0.680. The average molecular weight is 251 g/mol. The standard InChI is InChI=1S/C14H21NO3/c1-12-3-4-13(16-2)14(11-12)18-10-7-15-5-8-17-9-6-15/h3-4,11H,5-10H2,1-2H3. The summed E-state index contributed by atoms with van der Waals surface area (Å²) >= 11 is 0. The minimum atomic E-state index is 0.680. The fourth-order valence-electron chi connectivity index (χ4n) is 2.01. The van der Waals surface area contributed by atoms with E-state index >= 15 is 0 Å². The van der Waals surface area contributed by atoms with Gasteiger partial charge in [0.1, 0.15) is 6.61 Å². The van der Waals surface area contributed by atoms with Gasteiger partial charge in [0.05, 0.1) is 20.3 Å². The molecule has 1 aromatic carbocycles. The lowest BCUT2D eigenvalue weighted by molar-refractivity contribution is 0.0321. The molecule has 1 aromatic rings. The summed E-state index contributed by atoms with van der Waals surface area (Å²) in [6.45, 7) is 7.30. The van der Waals surface area contributed by atoms with Gasteiger partial charge in [0.2, 0.25) is 0 Å². The molecule has 0 bridgehead atoms. The first-order valence-corrected chi connectivity index (χ1v) is 6.37. The maximum atomic E-state index is 5.80. The third-order valence-electron chi connectivity index (χ3n) is 3.09. The first kappa shape index (κ1) is 13.2. The predicted molar refractivity (Wildman–Crippen MR) is 70.5 cm³/mol. The zero-order valence-corrected chi connectivity index (χ0v) is 11.1. The van der Waals surface area contributed by atoms with Crippen molar-refractivity contribution in [2.24, 2.45) is 0 Å². The van der Waals surface area contributed by atoms with Crippen LogP contribution in [-0.4, -0.2) is 51.5 Å². The quantitative estimate of drug-likeness (QED) is 0.797. The highest BCUT2D eigenvalue weighted by Gasteiger charge is 2.10. The molecular weight excluding hydrogens is 230 g/mol. The molecule has 100 valence electrons. The van der Waals surface area contributed by atoms with Crippen molar-refractivity contribution in [1.29, 1.82) is 0 Å². The van der Waals surface area contributed by atoms with Crippen molar-refractivity contribution < 1.29 is 14.2 Å². The molecule has 0 atom stereocenters. The molecular formula is C14H21NO3. The van der Waals surface area contributed by atoms with Gasteiger partial charge in [0, 0.05) is 19.6 Å². The van der Waals surface area contributed by atoms with Crippen LogP contribution in [0.4, 0.5) is 0 Å². The molecule has 0 unspecified atom stereocenters. The van der Waals surface area contributed by atoms with Crippen LogP contribution in [0.15, 0.2) is 18.2 Å². The Morgan fingerprint density at radius 1 is 1.22 bits per heavy atom. The van der Waals surface area contributed by atoms with Crippen molar-refractivity contribution in [3.63, 3.8) is 0 Å². The summed E-state index contributed by atoms with van der Waals surface area (Å²) in [7, 11) is 1.67. The lowest BCUT2D eigenvalue weighted by Crippen LogP contribution is -2.38. The van der Waals surface area contributed by atoms with E-state index in [1.807, 2.05) is 25.1 Å². The van der Waals surface area contributed by atoms with Gasteiger partial charge in [-0.25, -0.2) is 0 Å². The van der Waals surface area contributed by atoms with Crippen LogP contribution in [0, 0.1) is 6.92 Å². The number of ether oxygens (including phenoxy) is 3. The molecule has 1 saturated heterocycles. The Balaban J connectivity index is 1.83. The molecule has 18 heavy (non-hydrogen) atoms. The number of nitrogens with zero attached hydrogens (tertiary/aromatic N) is 1. The van der Waals surface area contributed by atoms with E-state index < -0.39 is 0 Å². The van der Waals surface area contributed by atoms with E-state index in [1.54, 1.807) is 7.11 Å². The van der Waals surface area contributed by atoms with Gasteiger partial charge in [-0.15, -0.1) is 0 Å². The van der Waals surface area contributed by atoms with Crippen LogP contribution in [-0.2, 0) is 4.74 Å². The Morgan fingerprint density at radius 3 is 2.72 bits per heavy atom. The van der Waals surface area contributed by atoms with E-state index in [0.717, 1.165) is 44.3 Å². The van der Waals surface area contributed by atoms with Gasteiger partial charge in [-0.2, -0.15) is 0 Å². The average Bonchev–Trinajstić information content (AvgIpc) is 2.40. The van der Waals surface area contributed by atoms with E-state index in [-0.39, 0.29) is 0 Å². The van der Waals surface area contributed by atoms with Crippen LogP contribution in [0.3, 0.4) is 0 Å². The van der Waals surface area contributed by atoms with Crippen molar-refractivity contribution in [1.82, 2.24) is 4.90 Å². The van der Waals surface area contributed by atoms with Crippen molar-refractivity contribution >= 4 is 0 Å². The number of hydrogen-bond acceptors (Lipinski definition) is 4. The Morgan fingerprint density at radius 2 is 2.00 bits per heavy atom. The highest BCUT2D eigenvalue weighted by atomic mass is 16.5. The Bertz CT molecular complexity index is 375. The highest BCUT2D eigenvalue weighted by molar-refractivity contribution is 5.42. The fraction of sp³-hybridized carbons (Fsp3) is 0.571. The molecule has 0 radical (unpaired) electrons. The summed E-state index contributed by atoms with van der Waals surface area (Å²) in [4.78, 5) is 2.35. The molecule has 1 heterocycles. The number of methoxy groups -OCH3 is 1. The summed E-state index contributed by atoms with van der Waals surface area (Å²) < 4.78 is 16.4. The van der Waals surface area contributed by atoms with Gasteiger partial charge in [-0.3, -0.25) is 4.90 Å². The fourth-order valence-corrected chi connectivity index (χ4v) is 2.01. The normalized spacial score (nSPS) is 16.6. The topological polar surface area (TPSA) is 30.9 Å². The van der Waals surface area contributed by atoms with E-state index in [2.05, 4.69) is 4.90 Å². The number of rotatable bonds is 5. The summed E-state index contributed by atoms with van der Waals surface area (Å²) in [5.74, 6) is 1.62. The zero-order valence-electron chi connectivity index (χ0n) is 11.1. The molecule has 0 N–H and O–H groups in total. The summed E-state index contributed by atoms with van der Waals surface area (Å²) in [6.07, 6.45) is 0. The lowest BCUT2D eigenvalue weighted by atomic mass is 10.2. The number of morpholine rings is 1. The van der Waals surface area contributed by atoms with E-state index in [0.29, 0.717) is 6.61 Å². The molecule has 1 fully saturated rings. The third-order valence-corrected chi connectivity index (χ3v) is 3.09. The Labute approximate surface area is 108 Å². The first-order chi connectivity index (χ1) is 8.79. The molecule has 4 nitrogen and oxygen atoms in total. The molecule has 0 aromatic heterocycles. The molecule has 0 spiro atoms. The monoisotopic (exact) mass is 251 g/mol.